The molecule has 0 aliphatic carbocycles. The molecule has 1 aromatic rings. The fraction of sp³-hybridized carbons (Fsp3) is 0.500. The van der Waals surface area contributed by atoms with Crippen LogP contribution in [0.5, 0.6) is 0 Å². The van der Waals surface area contributed by atoms with Crippen molar-refractivity contribution in [1.29, 1.82) is 0 Å². The number of hydrogen-bond donors (Lipinski definition) is 2. The number of ether oxygens (including phenoxy) is 1. The first-order valence-electron chi connectivity index (χ1n) is 5.68. The first-order chi connectivity index (χ1) is 8.09. The van der Waals surface area contributed by atoms with Crippen molar-refractivity contribution in [2.24, 2.45) is 0 Å². The van der Waals surface area contributed by atoms with Crippen molar-refractivity contribution in [3.05, 3.63) is 34.2 Å². The van der Waals surface area contributed by atoms with Gasteiger partial charge in [0.15, 0.2) is 0 Å². The highest BCUT2D eigenvalue weighted by Gasteiger charge is 2.04. The third kappa shape index (κ3) is 5.31. The van der Waals surface area contributed by atoms with Crippen LogP contribution in [0.2, 0.25) is 0 Å². The van der Waals surface area contributed by atoms with E-state index in [4.69, 9.17) is 4.74 Å². The summed E-state index contributed by atoms with van der Waals surface area (Å²) in [4.78, 5) is 25.0. The van der Waals surface area contributed by atoms with Crippen LogP contribution in [-0.2, 0) is 4.74 Å². The van der Waals surface area contributed by atoms with Gasteiger partial charge >= 0.3 is 0 Å². The lowest BCUT2D eigenvalue weighted by Gasteiger charge is -2.08. The molecule has 17 heavy (non-hydrogen) atoms. The average molecular weight is 238 g/mol. The van der Waals surface area contributed by atoms with E-state index in [0.717, 1.165) is 6.42 Å². The van der Waals surface area contributed by atoms with E-state index < -0.39 is 0 Å². The summed E-state index contributed by atoms with van der Waals surface area (Å²) in [7, 11) is 0. The SMILES string of the molecule is CC(C)OCCCNC(=O)c1cc[nH]c(=O)c1. The van der Waals surface area contributed by atoms with Gasteiger partial charge in [0, 0.05) is 31.0 Å². The molecule has 2 N–H and O–H groups in total. The summed E-state index contributed by atoms with van der Waals surface area (Å²) >= 11 is 0. The third-order valence-electron chi connectivity index (χ3n) is 2.10. The van der Waals surface area contributed by atoms with E-state index in [2.05, 4.69) is 10.3 Å². The summed E-state index contributed by atoms with van der Waals surface area (Å²) in [5.74, 6) is -0.236. The molecule has 1 amide bonds. The molecule has 0 atom stereocenters. The lowest BCUT2D eigenvalue weighted by Crippen LogP contribution is -2.26. The van der Waals surface area contributed by atoms with Gasteiger partial charge in [-0.15, -0.1) is 0 Å². The Morgan fingerprint density at radius 3 is 2.94 bits per heavy atom. The Morgan fingerprint density at radius 1 is 1.53 bits per heavy atom. The number of aromatic nitrogens is 1. The maximum atomic E-state index is 11.6. The van der Waals surface area contributed by atoms with Gasteiger partial charge in [-0.25, -0.2) is 0 Å². The molecule has 1 rings (SSSR count). The Labute approximate surface area is 100 Å². The van der Waals surface area contributed by atoms with Crippen molar-refractivity contribution in [3.8, 4) is 0 Å². The quantitative estimate of drug-likeness (QED) is 0.724. The number of amides is 1. The fourth-order valence-corrected chi connectivity index (χ4v) is 1.28. The molecule has 0 aromatic carbocycles. The van der Waals surface area contributed by atoms with Crippen LogP contribution in [0.25, 0.3) is 0 Å². The number of carbonyl (C=O) groups is 1. The van der Waals surface area contributed by atoms with E-state index in [1.165, 1.54) is 12.3 Å². The van der Waals surface area contributed by atoms with Gasteiger partial charge in [-0.1, -0.05) is 0 Å². The molecular weight excluding hydrogens is 220 g/mol. The summed E-state index contributed by atoms with van der Waals surface area (Å²) in [6, 6.07) is 2.85. The molecule has 94 valence electrons. The van der Waals surface area contributed by atoms with Crippen molar-refractivity contribution < 1.29 is 9.53 Å². The first-order valence-corrected chi connectivity index (χ1v) is 5.68. The smallest absolute Gasteiger partial charge is 0.251 e. The minimum atomic E-state index is -0.277. The molecule has 1 heterocycles. The second kappa shape index (κ2) is 6.85. The second-order valence-corrected chi connectivity index (χ2v) is 3.97. The Morgan fingerprint density at radius 2 is 2.29 bits per heavy atom. The van der Waals surface area contributed by atoms with Crippen LogP contribution in [0, 0.1) is 0 Å². The first kappa shape index (κ1) is 13.4. The Bertz CT molecular complexity index is 412. The van der Waals surface area contributed by atoms with E-state index >= 15 is 0 Å². The van der Waals surface area contributed by atoms with Gasteiger partial charge in [-0.2, -0.15) is 0 Å². The van der Waals surface area contributed by atoms with Gasteiger partial charge in [0.2, 0.25) is 5.56 Å². The van der Waals surface area contributed by atoms with E-state index in [-0.39, 0.29) is 17.6 Å². The Balaban J connectivity index is 2.28. The van der Waals surface area contributed by atoms with Crippen LogP contribution in [-0.4, -0.2) is 30.1 Å². The summed E-state index contributed by atoms with van der Waals surface area (Å²) < 4.78 is 5.34. The molecule has 0 spiro atoms. The summed E-state index contributed by atoms with van der Waals surface area (Å²) in [5, 5.41) is 2.73. The summed E-state index contributed by atoms with van der Waals surface area (Å²) in [6.45, 7) is 5.09. The molecule has 1 aromatic heterocycles. The molecule has 0 radical (unpaired) electrons. The van der Waals surface area contributed by atoms with E-state index in [1.54, 1.807) is 6.07 Å². The van der Waals surface area contributed by atoms with E-state index in [9.17, 15) is 9.59 Å². The largest absolute Gasteiger partial charge is 0.379 e. The standard InChI is InChI=1S/C12H18N2O3/c1-9(2)17-7-3-5-14-12(16)10-4-6-13-11(15)8-10/h4,6,8-9H,3,5,7H2,1-2H3,(H,13,15)(H,14,16). The number of aromatic amines is 1. The van der Waals surface area contributed by atoms with Crippen molar-refractivity contribution in [3.63, 3.8) is 0 Å². The van der Waals surface area contributed by atoms with Crippen LogP contribution in [0.4, 0.5) is 0 Å². The van der Waals surface area contributed by atoms with Crippen molar-refractivity contribution in [1.82, 2.24) is 10.3 Å². The topological polar surface area (TPSA) is 71.2 Å². The highest BCUT2D eigenvalue weighted by atomic mass is 16.5. The van der Waals surface area contributed by atoms with Gasteiger partial charge in [-0.05, 0) is 26.3 Å². The number of hydrogen-bond acceptors (Lipinski definition) is 3. The molecule has 0 bridgehead atoms. The normalized spacial score (nSPS) is 10.5. The minimum Gasteiger partial charge on any atom is -0.379 e. The second-order valence-electron chi connectivity index (χ2n) is 3.97. The zero-order valence-corrected chi connectivity index (χ0v) is 10.2. The zero-order valence-electron chi connectivity index (χ0n) is 10.2. The molecule has 5 nitrogen and oxygen atoms in total. The Hall–Kier alpha value is -1.62. The minimum absolute atomic E-state index is 0.207. The maximum absolute atomic E-state index is 11.6. The van der Waals surface area contributed by atoms with Crippen LogP contribution in [0.15, 0.2) is 23.1 Å². The fourth-order valence-electron chi connectivity index (χ4n) is 1.28. The molecule has 0 fully saturated rings. The number of carbonyl (C=O) groups excluding carboxylic acids is 1. The molecular formula is C12H18N2O3. The number of H-pyrrole nitrogens is 1. The monoisotopic (exact) mass is 238 g/mol. The van der Waals surface area contributed by atoms with Gasteiger partial charge < -0.3 is 15.0 Å². The molecule has 0 saturated carbocycles. The number of nitrogens with one attached hydrogen (secondary N) is 2. The van der Waals surface area contributed by atoms with Crippen molar-refractivity contribution >= 4 is 5.91 Å². The molecule has 0 saturated heterocycles. The van der Waals surface area contributed by atoms with Gasteiger partial charge in [0.1, 0.15) is 0 Å². The van der Waals surface area contributed by atoms with Gasteiger partial charge in [0.05, 0.1) is 6.10 Å². The maximum Gasteiger partial charge on any atom is 0.251 e. The van der Waals surface area contributed by atoms with Gasteiger partial charge in [-0.3, -0.25) is 9.59 Å². The van der Waals surface area contributed by atoms with E-state index in [1.807, 2.05) is 13.8 Å². The molecule has 0 aliphatic heterocycles. The summed E-state index contributed by atoms with van der Waals surface area (Å²) in [6.07, 6.45) is 2.42. The van der Waals surface area contributed by atoms with Crippen molar-refractivity contribution in [2.75, 3.05) is 13.2 Å². The predicted octanol–water partition coefficient (Wildman–Crippen LogP) is 0.920. The Kier molecular flexibility index (Phi) is 5.42. The zero-order chi connectivity index (χ0) is 12.7. The van der Waals surface area contributed by atoms with Gasteiger partial charge in [0.25, 0.3) is 5.91 Å². The molecule has 0 unspecified atom stereocenters. The highest BCUT2D eigenvalue weighted by molar-refractivity contribution is 5.93. The lowest BCUT2D eigenvalue weighted by atomic mass is 10.2. The predicted molar refractivity (Wildman–Crippen MR) is 65.1 cm³/mol. The molecule has 5 heteroatoms. The van der Waals surface area contributed by atoms with Crippen LogP contribution in [0.3, 0.4) is 0 Å². The van der Waals surface area contributed by atoms with Crippen LogP contribution < -0.4 is 10.9 Å². The third-order valence-corrected chi connectivity index (χ3v) is 2.10. The van der Waals surface area contributed by atoms with E-state index in [0.29, 0.717) is 18.7 Å². The van der Waals surface area contributed by atoms with Crippen LogP contribution >= 0.6 is 0 Å². The highest BCUT2D eigenvalue weighted by Crippen LogP contribution is 1.93. The average Bonchev–Trinajstić information content (AvgIpc) is 2.28. The summed E-state index contributed by atoms with van der Waals surface area (Å²) in [5.41, 5.74) is 0.0966. The lowest BCUT2D eigenvalue weighted by molar-refractivity contribution is 0.0757. The van der Waals surface area contributed by atoms with Crippen molar-refractivity contribution in [2.45, 2.75) is 26.4 Å². The number of pyridine rings is 1. The molecule has 0 aliphatic rings. The van der Waals surface area contributed by atoms with Crippen LogP contribution in [0.1, 0.15) is 30.6 Å². The number of rotatable bonds is 6.